The SMILES string of the molecule is CNCC1CCN(C(=O)Cc2ccc(OC)c(OC)c2)CC1.Cl. The van der Waals surface area contributed by atoms with E-state index in [0.717, 1.165) is 38.0 Å². The number of methoxy groups -OCH3 is 2. The number of halogens is 1. The fraction of sp³-hybridized carbons (Fsp3) is 0.588. The van der Waals surface area contributed by atoms with Gasteiger partial charge in [0.15, 0.2) is 11.5 Å². The van der Waals surface area contributed by atoms with Crippen LogP contribution in [-0.4, -0.2) is 51.7 Å². The Morgan fingerprint density at radius 3 is 2.43 bits per heavy atom. The van der Waals surface area contributed by atoms with Gasteiger partial charge in [-0.25, -0.2) is 0 Å². The largest absolute Gasteiger partial charge is 0.493 e. The molecule has 1 aliphatic rings. The number of hydrogen-bond acceptors (Lipinski definition) is 4. The molecule has 23 heavy (non-hydrogen) atoms. The van der Waals surface area contributed by atoms with Crippen LogP contribution < -0.4 is 14.8 Å². The molecule has 1 aliphatic heterocycles. The predicted octanol–water partition coefficient (Wildman–Crippen LogP) is 2.13. The van der Waals surface area contributed by atoms with Crippen molar-refractivity contribution < 1.29 is 14.3 Å². The average molecular weight is 343 g/mol. The minimum Gasteiger partial charge on any atom is -0.493 e. The summed E-state index contributed by atoms with van der Waals surface area (Å²) in [6.07, 6.45) is 2.58. The fourth-order valence-corrected chi connectivity index (χ4v) is 2.95. The van der Waals surface area contributed by atoms with Crippen LogP contribution in [0.3, 0.4) is 0 Å². The van der Waals surface area contributed by atoms with E-state index in [1.54, 1.807) is 14.2 Å². The zero-order chi connectivity index (χ0) is 15.9. The smallest absolute Gasteiger partial charge is 0.226 e. The van der Waals surface area contributed by atoms with Crippen LogP contribution in [0.4, 0.5) is 0 Å². The molecular formula is C17H27ClN2O3. The van der Waals surface area contributed by atoms with Crippen molar-refractivity contribution in [2.75, 3.05) is 40.9 Å². The Balaban J connectivity index is 0.00000264. The van der Waals surface area contributed by atoms with Gasteiger partial charge in [0.2, 0.25) is 5.91 Å². The molecule has 1 fully saturated rings. The van der Waals surface area contributed by atoms with Gasteiger partial charge < -0.3 is 19.7 Å². The second-order valence-corrected chi connectivity index (χ2v) is 5.75. The van der Waals surface area contributed by atoms with Gasteiger partial charge in [-0.1, -0.05) is 6.07 Å². The first-order chi connectivity index (χ1) is 10.7. The Labute approximate surface area is 144 Å². The first-order valence-corrected chi connectivity index (χ1v) is 7.81. The number of rotatable bonds is 6. The second kappa shape index (κ2) is 9.63. The van der Waals surface area contributed by atoms with Crippen molar-refractivity contribution in [2.24, 2.45) is 5.92 Å². The van der Waals surface area contributed by atoms with Gasteiger partial charge in [-0.2, -0.15) is 0 Å². The number of likely N-dealkylation sites (tertiary alicyclic amines) is 1. The van der Waals surface area contributed by atoms with E-state index >= 15 is 0 Å². The van der Waals surface area contributed by atoms with Crippen LogP contribution >= 0.6 is 12.4 Å². The molecule has 0 bridgehead atoms. The Kier molecular flexibility index (Phi) is 8.20. The number of carbonyl (C=O) groups is 1. The molecule has 1 aromatic rings. The van der Waals surface area contributed by atoms with Gasteiger partial charge in [0.05, 0.1) is 20.6 Å². The first kappa shape index (κ1) is 19.6. The molecule has 0 radical (unpaired) electrons. The van der Waals surface area contributed by atoms with Crippen LogP contribution in [0.1, 0.15) is 18.4 Å². The lowest BCUT2D eigenvalue weighted by Gasteiger charge is -2.32. The first-order valence-electron chi connectivity index (χ1n) is 7.81. The van der Waals surface area contributed by atoms with E-state index in [4.69, 9.17) is 9.47 Å². The van der Waals surface area contributed by atoms with Gasteiger partial charge in [0, 0.05) is 13.1 Å². The molecule has 1 aromatic carbocycles. The molecule has 1 amide bonds. The summed E-state index contributed by atoms with van der Waals surface area (Å²) in [5, 5.41) is 3.22. The highest BCUT2D eigenvalue weighted by Gasteiger charge is 2.22. The third kappa shape index (κ3) is 5.29. The Morgan fingerprint density at radius 1 is 1.22 bits per heavy atom. The summed E-state index contributed by atoms with van der Waals surface area (Å²) in [4.78, 5) is 14.4. The van der Waals surface area contributed by atoms with Crippen LogP contribution in [0.2, 0.25) is 0 Å². The van der Waals surface area contributed by atoms with Crippen molar-refractivity contribution in [3.63, 3.8) is 0 Å². The highest BCUT2D eigenvalue weighted by atomic mass is 35.5. The molecule has 0 spiro atoms. The zero-order valence-electron chi connectivity index (χ0n) is 14.1. The van der Waals surface area contributed by atoms with Crippen molar-refractivity contribution >= 4 is 18.3 Å². The van der Waals surface area contributed by atoms with E-state index < -0.39 is 0 Å². The Bertz CT molecular complexity index is 503. The summed E-state index contributed by atoms with van der Waals surface area (Å²) in [5.41, 5.74) is 0.958. The standard InChI is InChI=1S/C17H26N2O3.ClH/c1-18-12-13-6-8-19(9-7-13)17(20)11-14-4-5-15(21-2)16(10-14)22-3;/h4-5,10,13,18H,6-9,11-12H2,1-3H3;1H. The van der Waals surface area contributed by atoms with Crippen molar-refractivity contribution in [3.8, 4) is 11.5 Å². The third-order valence-electron chi connectivity index (χ3n) is 4.26. The topological polar surface area (TPSA) is 50.8 Å². The number of benzene rings is 1. The fourth-order valence-electron chi connectivity index (χ4n) is 2.95. The minimum absolute atomic E-state index is 0. The van der Waals surface area contributed by atoms with Gasteiger partial charge >= 0.3 is 0 Å². The van der Waals surface area contributed by atoms with Gasteiger partial charge in [0.1, 0.15) is 0 Å². The summed E-state index contributed by atoms with van der Waals surface area (Å²) in [7, 11) is 5.20. The van der Waals surface area contributed by atoms with Crippen LogP contribution in [0.5, 0.6) is 11.5 Å². The van der Waals surface area contributed by atoms with Crippen LogP contribution in [0.15, 0.2) is 18.2 Å². The lowest BCUT2D eigenvalue weighted by Crippen LogP contribution is -2.41. The van der Waals surface area contributed by atoms with Crippen molar-refractivity contribution in [3.05, 3.63) is 23.8 Å². The van der Waals surface area contributed by atoms with E-state index in [0.29, 0.717) is 23.8 Å². The predicted molar refractivity (Wildman–Crippen MR) is 93.7 cm³/mol. The van der Waals surface area contributed by atoms with E-state index in [2.05, 4.69) is 5.32 Å². The molecule has 0 saturated carbocycles. The maximum absolute atomic E-state index is 12.4. The molecule has 2 rings (SSSR count). The summed E-state index contributed by atoms with van der Waals surface area (Å²) in [6.45, 7) is 2.76. The summed E-state index contributed by atoms with van der Waals surface area (Å²) in [6, 6.07) is 5.65. The van der Waals surface area contributed by atoms with E-state index in [-0.39, 0.29) is 18.3 Å². The van der Waals surface area contributed by atoms with Crippen LogP contribution in [0, 0.1) is 5.92 Å². The highest BCUT2D eigenvalue weighted by Crippen LogP contribution is 2.28. The molecule has 1 N–H and O–H groups in total. The van der Waals surface area contributed by atoms with Gasteiger partial charge in [0.25, 0.3) is 0 Å². The molecule has 0 aromatic heterocycles. The molecule has 0 unspecified atom stereocenters. The van der Waals surface area contributed by atoms with E-state index in [1.165, 1.54) is 0 Å². The maximum Gasteiger partial charge on any atom is 0.226 e. The van der Waals surface area contributed by atoms with Crippen molar-refractivity contribution in [1.82, 2.24) is 10.2 Å². The Hall–Kier alpha value is -1.46. The molecule has 6 heteroatoms. The average Bonchev–Trinajstić information content (AvgIpc) is 2.55. The number of carbonyl (C=O) groups excluding carboxylic acids is 1. The van der Waals surface area contributed by atoms with E-state index in [1.807, 2.05) is 30.1 Å². The number of hydrogen-bond donors (Lipinski definition) is 1. The molecule has 1 saturated heterocycles. The Morgan fingerprint density at radius 2 is 1.87 bits per heavy atom. The molecule has 0 atom stereocenters. The number of piperidine rings is 1. The molecular weight excluding hydrogens is 316 g/mol. The maximum atomic E-state index is 12.4. The van der Waals surface area contributed by atoms with E-state index in [9.17, 15) is 4.79 Å². The summed E-state index contributed by atoms with van der Waals surface area (Å²) < 4.78 is 10.5. The van der Waals surface area contributed by atoms with Gasteiger partial charge in [-0.3, -0.25) is 4.79 Å². The summed E-state index contributed by atoms with van der Waals surface area (Å²) >= 11 is 0. The molecule has 0 aliphatic carbocycles. The minimum atomic E-state index is 0. The van der Waals surface area contributed by atoms with Crippen molar-refractivity contribution in [2.45, 2.75) is 19.3 Å². The number of amides is 1. The number of nitrogens with zero attached hydrogens (tertiary/aromatic N) is 1. The molecule has 1 heterocycles. The lowest BCUT2D eigenvalue weighted by molar-refractivity contribution is -0.131. The summed E-state index contributed by atoms with van der Waals surface area (Å²) in [5.74, 6) is 2.23. The lowest BCUT2D eigenvalue weighted by atomic mass is 9.96. The normalized spacial score (nSPS) is 15.0. The highest BCUT2D eigenvalue weighted by molar-refractivity contribution is 5.85. The quantitative estimate of drug-likeness (QED) is 0.860. The third-order valence-corrected chi connectivity index (χ3v) is 4.26. The number of ether oxygens (including phenoxy) is 2. The number of nitrogens with one attached hydrogen (secondary N) is 1. The monoisotopic (exact) mass is 342 g/mol. The second-order valence-electron chi connectivity index (χ2n) is 5.75. The molecule has 130 valence electrons. The van der Waals surface area contributed by atoms with Gasteiger partial charge in [-0.15, -0.1) is 12.4 Å². The zero-order valence-corrected chi connectivity index (χ0v) is 14.9. The van der Waals surface area contributed by atoms with Crippen LogP contribution in [0.25, 0.3) is 0 Å². The molecule has 5 nitrogen and oxygen atoms in total. The van der Waals surface area contributed by atoms with Gasteiger partial charge in [-0.05, 0) is 50.0 Å². The van der Waals surface area contributed by atoms with Crippen molar-refractivity contribution in [1.29, 1.82) is 0 Å². The van der Waals surface area contributed by atoms with Crippen LogP contribution in [-0.2, 0) is 11.2 Å².